The smallest absolute Gasteiger partial charge is 0.233 e. The van der Waals surface area contributed by atoms with Crippen molar-refractivity contribution in [2.24, 2.45) is 11.8 Å². The van der Waals surface area contributed by atoms with Crippen molar-refractivity contribution in [3.8, 4) is 5.69 Å². The highest BCUT2D eigenvalue weighted by Crippen LogP contribution is 2.25. The minimum atomic E-state index is 0.167. The van der Waals surface area contributed by atoms with E-state index >= 15 is 0 Å². The third kappa shape index (κ3) is 4.36. The van der Waals surface area contributed by atoms with E-state index in [9.17, 15) is 4.79 Å². The van der Waals surface area contributed by atoms with Crippen LogP contribution in [0.2, 0.25) is 5.02 Å². The van der Waals surface area contributed by atoms with E-state index in [1.165, 1.54) is 18.2 Å². The zero-order valence-corrected chi connectivity index (χ0v) is 16.3. The molecule has 134 valence electrons. The third-order valence-electron chi connectivity index (χ3n) is 4.50. The predicted molar refractivity (Wildman–Crippen MR) is 101 cm³/mol. The lowest BCUT2D eigenvalue weighted by Gasteiger charge is -2.34. The van der Waals surface area contributed by atoms with Gasteiger partial charge in [0.15, 0.2) is 5.16 Å². The number of aryl methyl sites for hydroxylation is 1. The number of thioether (sulfide) groups is 1. The molecule has 0 spiro atoms. The molecular formula is C18H23ClN4OS. The Balaban J connectivity index is 1.67. The molecule has 2 heterocycles. The van der Waals surface area contributed by atoms with Crippen molar-refractivity contribution in [1.29, 1.82) is 0 Å². The predicted octanol–water partition coefficient (Wildman–Crippen LogP) is 3.83. The van der Waals surface area contributed by atoms with Crippen molar-refractivity contribution in [2.45, 2.75) is 32.3 Å². The molecule has 1 aromatic heterocycles. The van der Waals surface area contributed by atoms with Gasteiger partial charge in [-0.2, -0.15) is 0 Å². The number of rotatable bonds is 4. The molecule has 1 fully saturated rings. The van der Waals surface area contributed by atoms with Gasteiger partial charge in [0.05, 0.1) is 11.4 Å². The first-order valence-corrected chi connectivity index (χ1v) is 9.87. The molecule has 25 heavy (non-hydrogen) atoms. The van der Waals surface area contributed by atoms with Gasteiger partial charge in [0.1, 0.15) is 6.33 Å². The van der Waals surface area contributed by atoms with Gasteiger partial charge in [-0.1, -0.05) is 43.3 Å². The Labute approximate surface area is 157 Å². The molecule has 1 aromatic carbocycles. The highest BCUT2D eigenvalue weighted by atomic mass is 35.5. The number of amides is 1. The number of carbonyl (C=O) groups is 1. The van der Waals surface area contributed by atoms with Gasteiger partial charge in [-0.05, 0) is 42.9 Å². The first kappa shape index (κ1) is 18.3. The van der Waals surface area contributed by atoms with Crippen LogP contribution in [0.25, 0.3) is 5.69 Å². The Kier molecular flexibility index (Phi) is 5.69. The fraction of sp³-hybridized carbons (Fsp3) is 0.500. The summed E-state index contributed by atoms with van der Waals surface area (Å²) < 4.78 is 1.87. The average molecular weight is 379 g/mol. The molecule has 0 radical (unpaired) electrons. The number of likely N-dealkylation sites (tertiary alicyclic amines) is 1. The van der Waals surface area contributed by atoms with Crippen LogP contribution in [-0.4, -0.2) is 44.4 Å². The highest BCUT2D eigenvalue weighted by molar-refractivity contribution is 7.99. The topological polar surface area (TPSA) is 51.0 Å². The van der Waals surface area contributed by atoms with Crippen LogP contribution in [0.4, 0.5) is 0 Å². The van der Waals surface area contributed by atoms with Crippen molar-refractivity contribution in [1.82, 2.24) is 19.7 Å². The van der Waals surface area contributed by atoms with Crippen LogP contribution in [0, 0.1) is 18.8 Å². The van der Waals surface area contributed by atoms with Gasteiger partial charge in [0.25, 0.3) is 0 Å². The monoisotopic (exact) mass is 378 g/mol. The van der Waals surface area contributed by atoms with Crippen LogP contribution < -0.4 is 0 Å². The van der Waals surface area contributed by atoms with Gasteiger partial charge >= 0.3 is 0 Å². The summed E-state index contributed by atoms with van der Waals surface area (Å²) in [5.74, 6) is 1.67. The SMILES string of the molecule is Cc1ccc(-n2cnnc2SCC(=O)N2C[C@H](C)C[C@@H](C)C2)cc1Cl. The first-order valence-electron chi connectivity index (χ1n) is 8.51. The molecule has 1 amide bonds. The molecule has 3 rings (SSSR count). The normalized spacial score (nSPS) is 20.7. The molecule has 0 N–H and O–H groups in total. The van der Waals surface area contributed by atoms with Crippen molar-refractivity contribution in [3.63, 3.8) is 0 Å². The molecule has 2 atom stereocenters. The molecule has 7 heteroatoms. The maximum atomic E-state index is 12.6. The van der Waals surface area contributed by atoms with Crippen molar-refractivity contribution in [3.05, 3.63) is 35.1 Å². The van der Waals surface area contributed by atoms with E-state index in [1.54, 1.807) is 6.33 Å². The Bertz CT molecular complexity index is 753. The second kappa shape index (κ2) is 7.79. The number of hydrogen-bond acceptors (Lipinski definition) is 4. The summed E-state index contributed by atoms with van der Waals surface area (Å²) in [5, 5.41) is 9.55. The van der Waals surface area contributed by atoms with Crippen LogP contribution in [0.15, 0.2) is 29.7 Å². The van der Waals surface area contributed by atoms with Crippen molar-refractivity contribution < 1.29 is 4.79 Å². The number of piperidine rings is 1. The van der Waals surface area contributed by atoms with Gasteiger partial charge in [0.2, 0.25) is 5.91 Å². The lowest BCUT2D eigenvalue weighted by molar-refractivity contribution is -0.130. The Morgan fingerprint density at radius 3 is 2.72 bits per heavy atom. The fourth-order valence-electron chi connectivity index (χ4n) is 3.32. The molecule has 0 saturated carbocycles. The van der Waals surface area contributed by atoms with E-state index in [4.69, 9.17) is 11.6 Å². The standard InChI is InChI=1S/C18H23ClN4OS/c1-12-6-13(2)9-22(8-12)17(24)10-25-18-21-20-11-23(18)15-5-4-14(3)16(19)7-15/h4-5,7,11-13H,6,8-10H2,1-3H3/t12-,13-/m1/s1. The van der Waals surface area contributed by atoms with Crippen LogP contribution in [0.1, 0.15) is 25.8 Å². The summed E-state index contributed by atoms with van der Waals surface area (Å²) in [6, 6.07) is 5.83. The summed E-state index contributed by atoms with van der Waals surface area (Å²) in [6.07, 6.45) is 2.85. The number of nitrogens with zero attached hydrogens (tertiary/aromatic N) is 4. The number of carbonyl (C=O) groups excluding carboxylic acids is 1. The zero-order chi connectivity index (χ0) is 18.0. The Morgan fingerprint density at radius 2 is 2.04 bits per heavy atom. The Morgan fingerprint density at radius 1 is 1.32 bits per heavy atom. The van der Waals surface area contributed by atoms with Crippen LogP contribution >= 0.6 is 23.4 Å². The second-order valence-corrected chi connectivity index (χ2v) is 8.30. The van der Waals surface area contributed by atoms with Gasteiger partial charge in [-0.25, -0.2) is 0 Å². The number of benzene rings is 1. The Hall–Kier alpha value is -1.53. The number of hydrogen-bond donors (Lipinski definition) is 0. The number of halogens is 1. The van der Waals surface area contributed by atoms with Gasteiger partial charge in [-0.15, -0.1) is 10.2 Å². The van der Waals surface area contributed by atoms with E-state index < -0.39 is 0 Å². The largest absolute Gasteiger partial charge is 0.341 e. The van der Waals surface area contributed by atoms with Crippen molar-refractivity contribution >= 4 is 29.3 Å². The second-order valence-electron chi connectivity index (χ2n) is 6.95. The van der Waals surface area contributed by atoms with Gasteiger partial charge in [0, 0.05) is 18.1 Å². The molecule has 1 aliphatic heterocycles. The average Bonchev–Trinajstić information content (AvgIpc) is 3.02. The lowest BCUT2D eigenvalue weighted by atomic mass is 9.92. The molecule has 0 aliphatic carbocycles. The molecule has 1 saturated heterocycles. The van der Waals surface area contributed by atoms with E-state index in [0.29, 0.717) is 27.8 Å². The summed E-state index contributed by atoms with van der Waals surface area (Å²) in [4.78, 5) is 14.5. The molecule has 5 nitrogen and oxygen atoms in total. The van der Waals surface area contributed by atoms with E-state index in [-0.39, 0.29) is 5.91 Å². The van der Waals surface area contributed by atoms with Gasteiger partial charge < -0.3 is 4.90 Å². The minimum absolute atomic E-state index is 0.167. The van der Waals surface area contributed by atoms with Crippen LogP contribution in [-0.2, 0) is 4.79 Å². The maximum Gasteiger partial charge on any atom is 0.233 e. The molecule has 0 bridgehead atoms. The summed E-state index contributed by atoms with van der Waals surface area (Å²) >= 11 is 7.64. The molecule has 2 aromatic rings. The fourth-order valence-corrected chi connectivity index (χ4v) is 4.32. The summed E-state index contributed by atoms with van der Waals surface area (Å²) in [6.45, 7) is 8.09. The highest BCUT2D eigenvalue weighted by Gasteiger charge is 2.25. The van der Waals surface area contributed by atoms with Crippen LogP contribution in [0.5, 0.6) is 0 Å². The van der Waals surface area contributed by atoms with Crippen LogP contribution in [0.3, 0.4) is 0 Å². The third-order valence-corrected chi connectivity index (χ3v) is 5.83. The zero-order valence-electron chi connectivity index (χ0n) is 14.8. The van der Waals surface area contributed by atoms with E-state index in [2.05, 4.69) is 24.0 Å². The molecule has 0 unspecified atom stereocenters. The quantitative estimate of drug-likeness (QED) is 0.759. The summed E-state index contributed by atoms with van der Waals surface area (Å²) in [7, 11) is 0. The van der Waals surface area contributed by atoms with Gasteiger partial charge in [-0.3, -0.25) is 9.36 Å². The van der Waals surface area contributed by atoms with E-state index in [1.807, 2.05) is 34.6 Å². The van der Waals surface area contributed by atoms with Crippen molar-refractivity contribution in [2.75, 3.05) is 18.8 Å². The first-order chi connectivity index (χ1) is 11.9. The molecule has 1 aliphatic rings. The summed E-state index contributed by atoms with van der Waals surface area (Å²) in [5.41, 5.74) is 1.92. The maximum absolute atomic E-state index is 12.6. The number of aromatic nitrogens is 3. The minimum Gasteiger partial charge on any atom is -0.341 e. The van der Waals surface area contributed by atoms with E-state index in [0.717, 1.165) is 24.3 Å². The molecular weight excluding hydrogens is 356 g/mol. The lowest BCUT2D eigenvalue weighted by Crippen LogP contribution is -2.43.